The Bertz CT molecular complexity index is 1150. The van der Waals surface area contributed by atoms with Gasteiger partial charge in [0.1, 0.15) is 0 Å². The van der Waals surface area contributed by atoms with Gasteiger partial charge in [0, 0.05) is 24.4 Å². The highest BCUT2D eigenvalue weighted by Crippen LogP contribution is 2.32. The molecule has 3 aliphatic rings. The van der Waals surface area contributed by atoms with E-state index < -0.39 is 5.97 Å². The summed E-state index contributed by atoms with van der Waals surface area (Å²) in [7, 11) is 1.33. The molecular formula is C24H22N2O6. The summed E-state index contributed by atoms with van der Waals surface area (Å²) in [5.41, 5.74) is 2.96. The second kappa shape index (κ2) is 7.87. The number of amides is 3. The quantitative estimate of drug-likeness (QED) is 0.542. The molecule has 3 aliphatic heterocycles. The minimum absolute atomic E-state index is 0.130. The second-order valence-corrected chi connectivity index (χ2v) is 8.16. The van der Waals surface area contributed by atoms with Gasteiger partial charge in [-0.05, 0) is 61.2 Å². The van der Waals surface area contributed by atoms with Crippen molar-refractivity contribution in [3.63, 3.8) is 0 Å². The molecule has 0 bridgehead atoms. The Labute approximate surface area is 184 Å². The van der Waals surface area contributed by atoms with Crippen LogP contribution in [0.4, 0.5) is 5.69 Å². The fourth-order valence-electron chi connectivity index (χ4n) is 4.59. The fourth-order valence-corrected chi connectivity index (χ4v) is 4.59. The van der Waals surface area contributed by atoms with Crippen molar-refractivity contribution < 1.29 is 28.7 Å². The van der Waals surface area contributed by atoms with E-state index in [1.165, 1.54) is 18.1 Å². The SMILES string of the molecule is COC(=O)c1ccc2c(c1)CCN2C(=O)c1ccc2c(c1)C(=O)N(CC1CCCO1)C2=O. The Kier molecular flexibility index (Phi) is 5.01. The van der Waals surface area contributed by atoms with Gasteiger partial charge in [-0.3, -0.25) is 19.3 Å². The van der Waals surface area contributed by atoms with Gasteiger partial charge < -0.3 is 14.4 Å². The summed E-state index contributed by atoms with van der Waals surface area (Å²) < 4.78 is 10.3. The Balaban J connectivity index is 1.39. The summed E-state index contributed by atoms with van der Waals surface area (Å²) in [4.78, 5) is 53.5. The number of imide groups is 1. The third-order valence-electron chi connectivity index (χ3n) is 6.27. The fraction of sp³-hybridized carbons (Fsp3) is 0.333. The zero-order valence-corrected chi connectivity index (χ0v) is 17.6. The Morgan fingerprint density at radius 2 is 1.84 bits per heavy atom. The van der Waals surface area contributed by atoms with Crippen molar-refractivity contribution in [3.8, 4) is 0 Å². The van der Waals surface area contributed by atoms with E-state index in [0.29, 0.717) is 36.3 Å². The smallest absolute Gasteiger partial charge is 0.337 e. The highest BCUT2D eigenvalue weighted by atomic mass is 16.5. The first-order chi connectivity index (χ1) is 15.5. The molecule has 0 N–H and O–H groups in total. The molecule has 8 heteroatoms. The molecule has 1 atom stereocenters. The Morgan fingerprint density at radius 1 is 1.06 bits per heavy atom. The molecule has 2 aromatic rings. The number of rotatable bonds is 4. The number of carbonyl (C=O) groups is 4. The number of benzene rings is 2. The van der Waals surface area contributed by atoms with E-state index in [1.807, 2.05) is 0 Å². The molecule has 8 nitrogen and oxygen atoms in total. The van der Waals surface area contributed by atoms with Crippen molar-refractivity contribution in [2.24, 2.45) is 0 Å². The van der Waals surface area contributed by atoms with Gasteiger partial charge in [-0.25, -0.2) is 4.79 Å². The molecule has 0 aliphatic carbocycles. The lowest BCUT2D eigenvalue weighted by Crippen LogP contribution is -2.36. The van der Waals surface area contributed by atoms with Gasteiger partial charge in [0.05, 0.1) is 36.4 Å². The number of nitrogens with zero attached hydrogens (tertiary/aromatic N) is 2. The molecule has 1 unspecified atom stereocenters. The van der Waals surface area contributed by atoms with E-state index >= 15 is 0 Å². The maximum Gasteiger partial charge on any atom is 0.337 e. The molecule has 0 aromatic heterocycles. The second-order valence-electron chi connectivity index (χ2n) is 8.16. The number of methoxy groups -OCH3 is 1. The van der Waals surface area contributed by atoms with Gasteiger partial charge in [0.15, 0.2) is 0 Å². The predicted molar refractivity (Wildman–Crippen MR) is 114 cm³/mol. The number of ether oxygens (including phenoxy) is 2. The van der Waals surface area contributed by atoms with E-state index in [2.05, 4.69) is 0 Å². The van der Waals surface area contributed by atoms with Gasteiger partial charge in [-0.15, -0.1) is 0 Å². The van der Waals surface area contributed by atoms with Crippen LogP contribution in [0.2, 0.25) is 0 Å². The maximum atomic E-state index is 13.2. The van der Waals surface area contributed by atoms with Crippen LogP contribution in [-0.2, 0) is 15.9 Å². The number of fused-ring (bicyclic) bond motifs is 2. The van der Waals surface area contributed by atoms with Crippen molar-refractivity contribution in [3.05, 3.63) is 64.2 Å². The van der Waals surface area contributed by atoms with Gasteiger partial charge in [-0.2, -0.15) is 0 Å². The van der Waals surface area contributed by atoms with Crippen molar-refractivity contribution in [2.45, 2.75) is 25.4 Å². The van der Waals surface area contributed by atoms with E-state index in [0.717, 1.165) is 24.1 Å². The van der Waals surface area contributed by atoms with Crippen LogP contribution < -0.4 is 4.90 Å². The zero-order valence-electron chi connectivity index (χ0n) is 17.6. The maximum absolute atomic E-state index is 13.2. The predicted octanol–water partition coefficient (Wildman–Crippen LogP) is 2.45. The van der Waals surface area contributed by atoms with Crippen LogP contribution in [0.3, 0.4) is 0 Å². The number of carbonyl (C=O) groups excluding carboxylic acids is 4. The van der Waals surface area contributed by atoms with Crippen LogP contribution in [0.5, 0.6) is 0 Å². The van der Waals surface area contributed by atoms with Crippen LogP contribution in [0, 0.1) is 0 Å². The minimum Gasteiger partial charge on any atom is -0.465 e. The molecular weight excluding hydrogens is 412 g/mol. The molecule has 0 saturated carbocycles. The number of hydrogen-bond donors (Lipinski definition) is 0. The van der Waals surface area contributed by atoms with Crippen LogP contribution in [-0.4, -0.2) is 61.5 Å². The number of anilines is 1. The molecule has 0 radical (unpaired) electrons. The summed E-state index contributed by atoms with van der Waals surface area (Å²) in [6.07, 6.45) is 2.23. The lowest BCUT2D eigenvalue weighted by Gasteiger charge is -2.18. The third-order valence-corrected chi connectivity index (χ3v) is 6.27. The standard InChI is InChI=1S/C24H22N2O6/c1-31-24(30)16-5-7-20-14(11-16)8-9-25(20)21(27)15-4-6-18-19(12-15)23(29)26(22(18)28)13-17-3-2-10-32-17/h4-7,11-12,17H,2-3,8-10,13H2,1H3. The van der Waals surface area contributed by atoms with Gasteiger partial charge >= 0.3 is 5.97 Å². The first kappa shape index (κ1) is 20.4. The van der Waals surface area contributed by atoms with Crippen LogP contribution in [0.1, 0.15) is 59.8 Å². The summed E-state index contributed by atoms with van der Waals surface area (Å²) in [6.45, 7) is 1.34. The zero-order chi connectivity index (χ0) is 22.4. The number of esters is 1. The molecule has 5 rings (SSSR count). The molecule has 3 amide bonds. The average molecular weight is 434 g/mol. The summed E-state index contributed by atoms with van der Waals surface area (Å²) >= 11 is 0. The summed E-state index contributed by atoms with van der Waals surface area (Å²) in [6, 6.07) is 9.75. The van der Waals surface area contributed by atoms with E-state index in [4.69, 9.17) is 9.47 Å². The van der Waals surface area contributed by atoms with Gasteiger partial charge in [0.25, 0.3) is 17.7 Å². The normalized spacial score (nSPS) is 19.3. The molecule has 3 heterocycles. The lowest BCUT2D eigenvalue weighted by molar-refractivity contribution is 0.0475. The Morgan fingerprint density at radius 3 is 2.59 bits per heavy atom. The molecule has 32 heavy (non-hydrogen) atoms. The van der Waals surface area contributed by atoms with Crippen LogP contribution in [0.15, 0.2) is 36.4 Å². The van der Waals surface area contributed by atoms with Crippen molar-refractivity contribution in [1.29, 1.82) is 0 Å². The lowest BCUT2D eigenvalue weighted by atomic mass is 10.0. The number of hydrogen-bond acceptors (Lipinski definition) is 6. The van der Waals surface area contributed by atoms with E-state index in [9.17, 15) is 19.2 Å². The van der Waals surface area contributed by atoms with Crippen molar-refractivity contribution in [2.75, 3.05) is 31.7 Å². The van der Waals surface area contributed by atoms with Crippen LogP contribution >= 0.6 is 0 Å². The van der Waals surface area contributed by atoms with E-state index in [1.54, 1.807) is 35.2 Å². The molecule has 1 fully saturated rings. The first-order valence-electron chi connectivity index (χ1n) is 10.6. The highest BCUT2D eigenvalue weighted by Gasteiger charge is 2.38. The monoisotopic (exact) mass is 434 g/mol. The summed E-state index contributed by atoms with van der Waals surface area (Å²) in [5, 5.41) is 0. The molecule has 2 aromatic carbocycles. The van der Waals surface area contributed by atoms with Gasteiger partial charge in [-0.1, -0.05) is 0 Å². The molecule has 0 spiro atoms. The van der Waals surface area contributed by atoms with Crippen molar-refractivity contribution in [1.82, 2.24) is 4.90 Å². The topological polar surface area (TPSA) is 93.2 Å². The minimum atomic E-state index is -0.424. The van der Waals surface area contributed by atoms with Crippen LogP contribution in [0.25, 0.3) is 0 Å². The first-order valence-corrected chi connectivity index (χ1v) is 10.6. The van der Waals surface area contributed by atoms with E-state index in [-0.39, 0.29) is 35.9 Å². The Hall–Kier alpha value is -3.52. The summed E-state index contributed by atoms with van der Waals surface area (Å²) in [5.74, 6) is -1.41. The van der Waals surface area contributed by atoms with Crippen molar-refractivity contribution >= 4 is 29.4 Å². The average Bonchev–Trinajstić information content (AvgIpc) is 3.54. The highest BCUT2D eigenvalue weighted by molar-refractivity contribution is 6.22. The third kappa shape index (κ3) is 3.27. The largest absolute Gasteiger partial charge is 0.465 e. The van der Waals surface area contributed by atoms with Gasteiger partial charge in [0.2, 0.25) is 0 Å². The molecule has 164 valence electrons. The molecule has 1 saturated heterocycles.